The first-order valence-electron chi connectivity index (χ1n) is 13.2. The summed E-state index contributed by atoms with van der Waals surface area (Å²) in [6.45, 7) is 5.89. The molecule has 3 nitrogen and oxygen atoms in total. The molecule has 0 bridgehead atoms. The fourth-order valence-electron chi connectivity index (χ4n) is 4.70. The van der Waals surface area contributed by atoms with E-state index in [0.717, 1.165) is 41.8 Å². The zero-order valence-electron chi connectivity index (χ0n) is 20.9. The van der Waals surface area contributed by atoms with Gasteiger partial charge in [0.15, 0.2) is 0 Å². The second-order valence-corrected chi connectivity index (χ2v) is 11.2. The molecule has 3 aromatic rings. The minimum Gasteiger partial charge on any atom is -0.348 e. The van der Waals surface area contributed by atoms with Crippen molar-refractivity contribution in [2.45, 2.75) is 69.2 Å². The SMILES string of the molecule is CCCN(c1ccc(C(=O)NCc2ccc(SCC)cc2)cc1)c1cc(C2CC2)cc(C2CC2)c1. The van der Waals surface area contributed by atoms with Crippen molar-refractivity contribution in [1.82, 2.24) is 5.32 Å². The van der Waals surface area contributed by atoms with E-state index in [2.05, 4.69) is 78.7 Å². The van der Waals surface area contributed by atoms with Crippen molar-refractivity contribution in [3.05, 3.63) is 89.0 Å². The highest BCUT2D eigenvalue weighted by Crippen LogP contribution is 2.47. The lowest BCUT2D eigenvalue weighted by molar-refractivity contribution is 0.0951. The molecule has 1 N–H and O–H groups in total. The number of anilines is 2. The van der Waals surface area contributed by atoms with Crippen LogP contribution in [0.15, 0.2) is 71.6 Å². The molecular formula is C31H36N2OS. The lowest BCUT2D eigenvalue weighted by Crippen LogP contribution is -2.23. The molecule has 0 unspecified atom stereocenters. The number of thioether (sulfide) groups is 1. The maximum atomic E-state index is 12.8. The largest absolute Gasteiger partial charge is 0.348 e. The Bertz CT molecular complexity index is 1120. The maximum Gasteiger partial charge on any atom is 0.251 e. The Labute approximate surface area is 214 Å². The molecule has 5 rings (SSSR count). The number of hydrogen-bond donors (Lipinski definition) is 1. The zero-order chi connectivity index (χ0) is 24.2. The number of carbonyl (C=O) groups excluding carboxylic acids is 1. The molecule has 2 aliphatic carbocycles. The molecule has 0 aromatic heterocycles. The van der Waals surface area contributed by atoms with Crippen LogP contribution in [0.2, 0.25) is 0 Å². The van der Waals surface area contributed by atoms with Gasteiger partial charge >= 0.3 is 0 Å². The normalized spacial score (nSPS) is 15.1. The second-order valence-electron chi connectivity index (χ2n) is 9.86. The second kappa shape index (κ2) is 10.9. The third-order valence-corrected chi connectivity index (χ3v) is 7.84. The molecule has 2 saturated carbocycles. The number of carbonyl (C=O) groups is 1. The number of benzene rings is 3. The molecule has 4 heteroatoms. The monoisotopic (exact) mass is 484 g/mol. The first kappa shape index (κ1) is 24.0. The van der Waals surface area contributed by atoms with Crippen molar-refractivity contribution in [2.75, 3.05) is 17.2 Å². The van der Waals surface area contributed by atoms with Crippen LogP contribution in [0.25, 0.3) is 0 Å². The van der Waals surface area contributed by atoms with Crippen LogP contribution in [0.5, 0.6) is 0 Å². The highest BCUT2D eigenvalue weighted by Gasteiger charge is 2.29. The molecular weight excluding hydrogens is 448 g/mol. The Morgan fingerprint density at radius 2 is 1.49 bits per heavy atom. The minimum atomic E-state index is -0.0302. The van der Waals surface area contributed by atoms with E-state index in [1.165, 1.54) is 47.4 Å². The molecule has 3 aromatic carbocycles. The molecule has 0 radical (unpaired) electrons. The lowest BCUT2D eigenvalue weighted by atomic mass is 10.0. The Hall–Kier alpha value is -2.72. The van der Waals surface area contributed by atoms with Gasteiger partial charge in [0.2, 0.25) is 0 Å². The first-order valence-corrected chi connectivity index (χ1v) is 14.2. The average Bonchev–Trinajstić information content (AvgIpc) is 3.79. The van der Waals surface area contributed by atoms with Gasteiger partial charge in [0.05, 0.1) is 0 Å². The van der Waals surface area contributed by atoms with E-state index < -0.39 is 0 Å². The van der Waals surface area contributed by atoms with Crippen molar-refractivity contribution in [3.63, 3.8) is 0 Å². The molecule has 0 saturated heterocycles. The number of hydrogen-bond acceptors (Lipinski definition) is 3. The average molecular weight is 485 g/mol. The number of rotatable bonds is 11. The van der Waals surface area contributed by atoms with Crippen LogP contribution in [-0.4, -0.2) is 18.2 Å². The van der Waals surface area contributed by atoms with Crippen molar-refractivity contribution in [2.24, 2.45) is 0 Å². The van der Waals surface area contributed by atoms with Crippen LogP contribution in [-0.2, 0) is 6.54 Å². The Balaban J connectivity index is 1.28. The van der Waals surface area contributed by atoms with E-state index in [1.54, 1.807) is 0 Å². The molecule has 2 fully saturated rings. The molecule has 182 valence electrons. The molecule has 0 spiro atoms. The van der Waals surface area contributed by atoms with Gasteiger partial charge in [-0.3, -0.25) is 4.79 Å². The van der Waals surface area contributed by atoms with Gasteiger partial charge in [-0.15, -0.1) is 11.8 Å². The highest BCUT2D eigenvalue weighted by atomic mass is 32.2. The van der Waals surface area contributed by atoms with Gasteiger partial charge in [0.1, 0.15) is 0 Å². The van der Waals surface area contributed by atoms with Crippen LogP contribution < -0.4 is 10.2 Å². The van der Waals surface area contributed by atoms with Crippen LogP contribution >= 0.6 is 11.8 Å². The van der Waals surface area contributed by atoms with Crippen LogP contribution in [0.1, 0.15) is 84.8 Å². The summed E-state index contributed by atoms with van der Waals surface area (Å²) in [5.74, 6) is 2.54. The molecule has 2 aliphatic rings. The van der Waals surface area contributed by atoms with Crippen molar-refractivity contribution in [1.29, 1.82) is 0 Å². The molecule has 0 heterocycles. The highest BCUT2D eigenvalue weighted by molar-refractivity contribution is 7.99. The predicted octanol–water partition coefficient (Wildman–Crippen LogP) is 8.03. The third-order valence-electron chi connectivity index (χ3n) is 6.95. The van der Waals surface area contributed by atoms with Gasteiger partial charge in [0, 0.05) is 34.9 Å². The van der Waals surface area contributed by atoms with Crippen LogP contribution in [0.4, 0.5) is 11.4 Å². The lowest BCUT2D eigenvalue weighted by Gasteiger charge is -2.26. The van der Waals surface area contributed by atoms with Crippen molar-refractivity contribution < 1.29 is 4.79 Å². The number of nitrogens with one attached hydrogen (secondary N) is 1. The zero-order valence-corrected chi connectivity index (χ0v) is 21.7. The van der Waals surface area contributed by atoms with Crippen molar-refractivity contribution >= 4 is 29.0 Å². The molecule has 1 amide bonds. The fraction of sp³-hybridized carbons (Fsp3) is 0.387. The van der Waals surface area contributed by atoms with Gasteiger partial charge in [0.25, 0.3) is 5.91 Å². The number of nitrogens with zero attached hydrogens (tertiary/aromatic N) is 1. The van der Waals surface area contributed by atoms with E-state index in [1.807, 2.05) is 23.9 Å². The predicted molar refractivity (Wildman–Crippen MR) is 148 cm³/mol. The summed E-state index contributed by atoms with van der Waals surface area (Å²) >= 11 is 1.83. The standard InChI is InChI=1S/C31H36N2OS/c1-3-17-33(29-19-26(23-7-8-23)18-27(20-29)24-9-10-24)28-13-11-25(12-14-28)31(34)32-21-22-5-15-30(16-6-22)35-4-2/h5-6,11-16,18-20,23-24H,3-4,7-10,17,21H2,1-2H3,(H,32,34). The summed E-state index contributed by atoms with van der Waals surface area (Å²) < 4.78 is 0. The first-order chi connectivity index (χ1) is 17.1. The molecule has 0 aliphatic heterocycles. The topological polar surface area (TPSA) is 32.3 Å². The van der Waals surface area contributed by atoms with E-state index in [-0.39, 0.29) is 5.91 Å². The van der Waals surface area contributed by atoms with Gasteiger partial charge < -0.3 is 10.2 Å². The summed E-state index contributed by atoms with van der Waals surface area (Å²) in [6.07, 6.45) is 6.38. The summed E-state index contributed by atoms with van der Waals surface area (Å²) in [5.41, 5.74) is 7.31. The summed E-state index contributed by atoms with van der Waals surface area (Å²) in [6, 6.07) is 23.8. The van der Waals surface area contributed by atoms with E-state index >= 15 is 0 Å². The third kappa shape index (κ3) is 6.10. The Morgan fingerprint density at radius 1 is 0.857 bits per heavy atom. The minimum absolute atomic E-state index is 0.0302. The summed E-state index contributed by atoms with van der Waals surface area (Å²) in [4.78, 5) is 16.5. The Morgan fingerprint density at radius 3 is 2.03 bits per heavy atom. The van der Waals surface area contributed by atoms with E-state index in [4.69, 9.17) is 0 Å². The van der Waals surface area contributed by atoms with Gasteiger partial charge in [-0.05, 0) is 115 Å². The fourth-order valence-corrected chi connectivity index (χ4v) is 5.36. The van der Waals surface area contributed by atoms with Crippen molar-refractivity contribution in [3.8, 4) is 0 Å². The van der Waals surface area contributed by atoms with Crippen LogP contribution in [0, 0.1) is 0 Å². The quantitative estimate of drug-likeness (QED) is 0.280. The summed E-state index contributed by atoms with van der Waals surface area (Å²) in [7, 11) is 0. The molecule has 35 heavy (non-hydrogen) atoms. The molecule has 0 atom stereocenters. The van der Waals surface area contributed by atoms with E-state index in [9.17, 15) is 4.79 Å². The smallest absolute Gasteiger partial charge is 0.251 e. The van der Waals surface area contributed by atoms with E-state index in [0.29, 0.717) is 12.1 Å². The van der Waals surface area contributed by atoms with Gasteiger partial charge in [-0.2, -0.15) is 0 Å². The maximum absolute atomic E-state index is 12.8. The Kier molecular flexibility index (Phi) is 7.48. The van der Waals surface area contributed by atoms with Crippen LogP contribution in [0.3, 0.4) is 0 Å². The summed E-state index contributed by atoms with van der Waals surface area (Å²) in [5, 5.41) is 3.07. The number of amides is 1. The van der Waals surface area contributed by atoms with Gasteiger partial charge in [-0.1, -0.05) is 32.0 Å². The van der Waals surface area contributed by atoms with Gasteiger partial charge in [-0.25, -0.2) is 0 Å².